The molecule has 0 aliphatic rings. The van der Waals surface area contributed by atoms with E-state index in [0.717, 1.165) is 0 Å². The van der Waals surface area contributed by atoms with Crippen molar-refractivity contribution in [2.75, 3.05) is 0 Å². The fourth-order valence-corrected chi connectivity index (χ4v) is 1.19. The summed E-state index contributed by atoms with van der Waals surface area (Å²) in [5.41, 5.74) is 0.204. The summed E-state index contributed by atoms with van der Waals surface area (Å²) in [6, 6.07) is 9.52. The van der Waals surface area contributed by atoms with Gasteiger partial charge in [0.25, 0.3) is 5.56 Å². The molecular weight excluding hydrogens is 166 g/mol. The van der Waals surface area contributed by atoms with E-state index in [2.05, 4.69) is 4.98 Å². The maximum Gasteiger partial charge on any atom is 0.270 e. The second kappa shape index (κ2) is 2.86. The van der Waals surface area contributed by atoms with Crippen LogP contribution in [0.15, 0.2) is 41.2 Å². The minimum atomic E-state index is -0.305. The van der Waals surface area contributed by atoms with Crippen molar-refractivity contribution in [3.05, 3.63) is 46.8 Å². The lowest BCUT2D eigenvalue weighted by atomic mass is 10.2. The summed E-state index contributed by atoms with van der Waals surface area (Å²) in [6.45, 7) is 0. The first-order valence-electron chi connectivity index (χ1n) is 3.86. The standard InChI is InChI=1S/C10H7NO2/c12-9-5-2-4-8-7(9)3-1-6-10(13)11-8/h1-6,12H. The molecule has 0 saturated heterocycles. The summed E-state index contributed by atoms with van der Waals surface area (Å²) in [4.78, 5) is 14.8. The highest BCUT2D eigenvalue weighted by molar-refractivity contribution is 5.83. The molecule has 1 aromatic heterocycles. The molecule has 1 aromatic carbocycles. The normalized spacial score (nSPS) is 10.2. The van der Waals surface area contributed by atoms with E-state index in [-0.39, 0.29) is 11.3 Å². The Labute approximate surface area is 74.3 Å². The van der Waals surface area contributed by atoms with Gasteiger partial charge < -0.3 is 5.11 Å². The van der Waals surface area contributed by atoms with E-state index < -0.39 is 0 Å². The summed E-state index contributed by atoms with van der Waals surface area (Å²) in [6.07, 6.45) is 0. The van der Waals surface area contributed by atoms with E-state index in [9.17, 15) is 9.90 Å². The van der Waals surface area contributed by atoms with Crippen LogP contribution in [0.5, 0.6) is 5.75 Å². The van der Waals surface area contributed by atoms with Gasteiger partial charge in [-0.2, -0.15) is 0 Å². The summed E-state index contributed by atoms with van der Waals surface area (Å²) in [5.74, 6) is 0.139. The van der Waals surface area contributed by atoms with Crippen LogP contribution in [-0.4, -0.2) is 10.1 Å². The fraction of sp³-hybridized carbons (Fsp3) is 0. The van der Waals surface area contributed by atoms with Crippen LogP contribution in [0.3, 0.4) is 0 Å². The molecule has 0 spiro atoms. The van der Waals surface area contributed by atoms with E-state index in [0.29, 0.717) is 10.9 Å². The van der Waals surface area contributed by atoms with Gasteiger partial charge in [-0.25, -0.2) is 4.98 Å². The van der Waals surface area contributed by atoms with Crippen LogP contribution in [0.25, 0.3) is 10.9 Å². The first-order valence-corrected chi connectivity index (χ1v) is 3.86. The van der Waals surface area contributed by atoms with E-state index in [1.807, 2.05) is 0 Å². The minimum absolute atomic E-state index is 0.139. The Morgan fingerprint density at radius 1 is 1.08 bits per heavy atom. The molecule has 1 heterocycles. The predicted octanol–water partition coefficient (Wildman–Crippen LogP) is 1.30. The number of hydrogen-bond donors (Lipinski definition) is 1. The Morgan fingerprint density at radius 2 is 1.85 bits per heavy atom. The first kappa shape index (κ1) is 7.73. The molecule has 0 bridgehead atoms. The molecule has 0 unspecified atom stereocenters. The van der Waals surface area contributed by atoms with Gasteiger partial charge in [-0.15, -0.1) is 0 Å². The van der Waals surface area contributed by atoms with Crippen molar-refractivity contribution in [1.29, 1.82) is 0 Å². The number of nitrogens with zero attached hydrogens (tertiary/aromatic N) is 1. The lowest BCUT2D eigenvalue weighted by Gasteiger charge is -1.93. The number of phenols is 1. The smallest absolute Gasteiger partial charge is 0.270 e. The molecule has 64 valence electrons. The van der Waals surface area contributed by atoms with Crippen LogP contribution >= 0.6 is 0 Å². The van der Waals surface area contributed by atoms with Crippen molar-refractivity contribution in [2.45, 2.75) is 0 Å². The Balaban J connectivity index is 3.00. The van der Waals surface area contributed by atoms with Gasteiger partial charge in [0, 0.05) is 11.5 Å². The second-order valence-electron chi connectivity index (χ2n) is 2.69. The number of fused-ring (bicyclic) bond motifs is 1. The van der Waals surface area contributed by atoms with Gasteiger partial charge in [0.15, 0.2) is 0 Å². The van der Waals surface area contributed by atoms with E-state index in [1.54, 1.807) is 30.3 Å². The highest BCUT2D eigenvalue weighted by atomic mass is 16.3. The Kier molecular flexibility index (Phi) is 1.70. The van der Waals surface area contributed by atoms with Crippen LogP contribution < -0.4 is 5.56 Å². The molecule has 0 atom stereocenters. The average Bonchev–Trinajstić information content (AvgIpc) is 2.27. The monoisotopic (exact) mass is 173 g/mol. The average molecular weight is 173 g/mol. The van der Waals surface area contributed by atoms with Crippen molar-refractivity contribution in [3.63, 3.8) is 0 Å². The molecule has 0 radical (unpaired) electrons. The summed E-state index contributed by atoms with van der Waals surface area (Å²) in [7, 11) is 0. The molecule has 0 aliphatic heterocycles. The topological polar surface area (TPSA) is 50.2 Å². The third kappa shape index (κ3) is 1.36. The van der Waals surface area contributed by atoms with Gasteiger partial charge in [0.1, 0.15) is 5.75 Å². The molecule has 3 nitrogen and oxygen atoms in total. The molecule has 0 fully saturated rings. The summed E-state index contributed by atoms with van der Waals surface area (Å²) < 4.78 is 0. The number of rotatable bonds is 0. The van der Waals surface area contributed by atoms with Crippen LogP contribution in [0.4, 0.5) is 0 Å². The zero-order chi connectivity index (χ0) is 9.26. The van der Waals surface area contributed by atoms with Gasteiger partial charge in [0.2, 0.25) is 0 Å². The first-order chi connectivity index (χ1) is 6.27. The predicted molar refractivity (Wildman–Crippen MR) is 49.7 cm³/mol. The van der Waals surface area contributed by atoms with Crippen molar-refractivity contribution in [3.8, 4) is 5.75 Å². The van der Waals surface area contributed by atoms with Crippen molar-refractivity contribution in [2.24, 2.45) is 0 Å². The maximum absolute atomic E-state index is 11.0. The summed E-state index contributed by atoms with van der Waals surface area (Å²) >= 11 is 0. The molecule has 13 heavy (non-hydrogen) atoms. The number of hydrogen-bond acceptors (Lipinski definition) is 3. The van der Waals surface area contributed by atoms with Crippen molar-refractivity contribution < 1.29 is 5.11 Å². The van der Waals surface area contributed by atoms with E-state index >= 15 is 0 Å². The van der Waals surface area contributed by atoms with Gasteiger partial charge in [0.05, 0.1) is 5.52 Å². The highest BCUT2D eigenvalue weighted by Crippen LogP contribution is 2.20. The quantitative estimate of drug-likeness (QED) is 0.653. The molecule has 2 aromatic rings. The Bertz CT molecular complexity index is 508. The largest absolute Gasteiger partial charge is 0.507 e. The molecular formula is C10H7NO2. The lowest BCUT2D eigenvalue weighted by Crippen LogP contribution is -1.97. The zero-order valence-electron chi connectivity index (χ0n) is 6.77. The van der Waals surface area contributed by atoms with Gasteiger partial charge in [-0.1, -0.05) is 12.1 Å². The second-order valence-corrected chi connectivity index (χ2v) is 2.69. The molecule has 2 rings (SSSR count). The molecule has 0 saturated carbocycles. The molecule has 1 N–H and O–H groups in total. The third-order valence-electron chi connectivity index (χ3n) is 1.79. The van der Waals surface area contributed by atoms with Crippen LogP contribution in [0.1, 0.15) is 0 Å². The van der Waals surface area contributed by atoms with Crippen molar-refractivity contribution in [1.82, 2.24) is 4.98 Å². The van der Waals surface area contributed by atoms with Gasteiger partial charge >= 0.3 is 0 Å². The lowest BCUT2D eigenvalue weighted by molar-refractivity contribution is 0.481. The van der Waals surface area contributed by atoms with Crippen molar-refractivity contribution >= 4 is 10.9 Å². The third-order valence-corrected chi connectivity index (χ3v) is 1.79. The highest BCUT2D eigenvalue weighted by Gasteiger charge is 1.97. The molecule has 0 amide bonds. The SMILES string of the molecule is O=c1cccc2c(O)cccc2n1. The molecule has 0 aliphatic carbocycles. The number of aromatic hydroxyl groups is 1. The minimum Gasteiger partial charge on any atom is -0.507 e. The van der Waals surface area contributed by atoms with Gasteiger partial charge in [-0.3, -0.25) is 4.79 Å². The van der Waals surface area contributed by atoms with Crippen LogP contribution in [0, 0.1) is 0 Å². The number of phenolic OH excluding ortho intramolecular Hbond substituents is 1. The van der Waals surface area contributed by atoms with Crippen LogP contribution in [0.2, 0.25) is 0 Å². The summed E-state index contributed by atoms with van der Waals surface area (Å²) in [5, 5.41) is 10.0. The number of aromatic nitrogens is 1. The Morgan fingerprint density at radius 3 is 2.69 bits per heavy atom. The fourth-order valence-electron chi connectivity index (χ4n) is 1.19. The zero-order valence-corrected chi connectivity index (χ0v) is 6.77. The maximum atomic E-state index is 11.0. The molecule has 3 heteroatoms. The van der Waals surface area contributed by atoms with E-state index in [1.165, 1.54) is 6.07 Å². The number of benzene rings is 1. The van der Waals surface area contributed by atoms with Gasteiger partial charge in [-0.05, 0) is 18.2 Å². The van der Waals surface area contributed by atoms with Crippen LogP contribution in [-0.2, 0) is 0 Å². The van der Waals surface area contributed by atoms with E-state index in [4.69, 9.17) is 0 Å². The Hall–Kier alpha value is -1.90.